The Morgan fingerprint density at radius 3 is 2.27 bits per heavy atom. The van der Waals surface area contributed by atoms with Gasteiger partial charge in [0.25, 0.3) is 11.4 Å². The summed E-state index contributed by atoms with van der Waals surface area (Å²) < 4.78 is 26.4. The molecule has 3 aliphatic rings. The molecule has 0 radical (unpaired) electrons. The first-order chi connectivity index (χ1) is 32.6. The fourth-order valence-electron chi connectivity index (χ4n) is 9.49. The molecule has 67 heavy (non-hydrogen) atoms. The number of rotatable bonds is 23. The highest BCUT2D eigenvalue weighted by Gasteiger charge is 2.65. The summed E-state index contributed by atoms with van der Waals surface area (Å²) in [6, 6.07) is 26.2. The van der Waals surface area contributed by atoms with Crippen LogP contribution in [0.4, 0.5) is 16.2 Å². The molecule has 0 unspecified atom stereocenters. The van der Waals surface area contributed by atoms with Crippen molar-refractivity contribution < 1.29 is 48.6 Å². The number of allylic oxidation sites excluding steroid dienone is 1. The normalized spacial score (nSPS) is 22.0. The van der Waals surface area contributed by atoms with Gasteiger partial charge in [0.1, 0.15) is 29.9 Å². The predicted molar refractivity (Wildman–Crippen MR) is 252 cm³/mol. The molecule has 1 heterocycles. The predicted octanol–water partition coefficient (Wildman–Crippen LogP) is 9.64. The smallest absolute Gasteiger partial charge is 0.415 e. The molecule has 354 valence electrons. The van der Waals surface area contributed by atoms with E-state index in [4.69, 9.17) is 28.9 Å². The molecule has 1 aliphatic heterocycles. The lowest BCUT2D eigenvalue weighted by Crippen LogP contribution is -2.69. The van der Waals surface area contributed by atoms with E-state index in [0.29, 0.717) is 42.2 Å². The number of hydrogen-bond donors (Lipinski definition) is 2. The summed E-state index contributed by atoms with van der Waals surface area (Å²) in [6.07, 6.45) is 7.34. The van der Waals surface area contributed by atoms with Crippen LogP contribution in [0.2, 0.25) is 0 Å². The number of amides is 1. The fourth-order valence-corrected chi connectivity index (χ4v) is 10.2. The number of aliphatic hydroxyl groups is 2. The minimum atomic E-state index is -1.56. The van der Waals surface area contributed by atoms with Crippen LogP contribution >= 0.6 is 11.8 Å². The lowest BCUT2D eigenvalue weighted by atomic mass is 9.55. The van der Waals surface area contributed by atoms with Crippen LogP contribution in [0.25, 0.3) is 0 Å². The van der Waals surface area contributed by atoms with Crippen LogP contribution in [0.5, 0.6) is 17.2 Å². The maximum absolute atomic E-state index is 14.3. The van der Waals surface area contributed by atoms with Gasteiger partial charge in [-0.1, -0.05) is 48.3 Å². The number of likely N-dealkylation sites (N-methyl/N-ethyl adjacent to an activating group) is 1. The molecule has 1 amide bonds. The van der Waals surface area contributed by atoms with E-state index in [2.05, 4.69) is 24.8 Å². The molecule has 0 aromatic heterocycles. The molecule has 1 saturated carbocycles. The van der Waals surface area contributed by atoms with Gasteiger partial charge in [-0.05, 0) is 103 Å². The number of aliphatic hydroxyl groups excluding tert-OH is 2. The molecular weight excluding hydrogens is 881 g/mol. The maximum Gasteiger partial charge on any atom is 0.415 e. The summed E-state index contributed by atoms with van der Waals surface area (Å²) in [5, 5.41) is 47.4. The molecule has 2 aliphatic carbocycles. The van der Waals surface area contributed by atoms with Crippen molar-refractivity contribution in [2.75, 3.05) is 39.2 Å². The van der Waals surface area contributed by atoms with Crippen LogP contribution < -0.4 is 14.2 Å². The van der Waals surface area contributed by atoms with E-state index < -0.39 is 33.7 Å². The van der Waals surface area contributed by atoms with Crippen molar-refractivity contribution in [3.63, 3.8) is 0 Å². The van der Waals surface area contributed by atoms with Crippen LogP contribution in [0.15, 0.2) is 131 Å². The highest BCUT2D eigenvalue weighted by Crippen LogP contribution is 2.62. The summed E-state index contributed by atoms with van der Waals surface area (Å²) in [4.78, 5) is 44.7. The number of non-ortho nitro benzene ring substituents is 2. The van der Waals surface area contributed by atoms with Gasteiger partial charge in [-0.3, -0.25) is 20.2 Å². The number of carbonyl (C=O) groups is 1. The largest absolute Gasteiger partial charge is 0.493 e. The van der Waals surface area contributed by atoms with Gasteiger partial charge in [-0.15, -0.1) is 18.3 Å². The zero-order valence-electron chi connectivity index (χ0n) is 37.4. The highest BCUT2D eigenvalue weighted by molar-refractivity contribution is 7.99. The topological polar surface area (TPSA) is 206 Å². The van der Waals surface area contributed by atoms with Crippen molar-refractivity contribution in [3.8, 4) is 17.2 Å². The van der Waals surface area contributed by atoms with Crippen molar-refractivity contribution in [2.24, 2.45) is 22.9 Å². The summed E-state index contributed by atoms with van der Waals surface area (Å²) in [7, 11) is 1.58. The van der Waals surface area contributed by atoms with Crippen molar-refractivity contribution in [1.82, 2.24) is 4.90 Å². The first-order valence-corrected chi connectivity index (χ1v) is 23.5. The quantitative estimate of drug-likeness (QED) is 0.0234. The number of unbranched alkanes of at least 4 members (excludes halogenated alkanes) is 2. The van der Waals surface area contributed by atoms with Crippen LogP contribution in [-0.2, 0) is 16.2 Å². The molecule has 6 atom stereocenters. The molecule has 0 saturated heterocycles. The monoisotopic (exact) mass is 936 g/mol. The zero-order valence-corrected chi connectivity index (χ0v) is 38.2. The second-order valence-electron chi connectivity index (χ2n) is 16.7. The number of nitrogens with zero attached hydrogens (tertiary/aromatic N) is 4. The van der Waals surface area contributed by atoms with Crippen molar-refractivity contribution in [2.45, 2.75) is 74.2 Å². The van der Waals surface area contributed by atoms with Gasteiger partial charge < -0.3 is 38.9 Å². The third-order valence-electron chi connectivity index (χ3n) is 12.6. The first kappa shape index (κ1) is 48.7. The highest BCUT2D eigenvalue weighted by atomic mass is 32.2. The van der Waals surface area contributed by atoms with Crippen LogP contribution in [0, 0.1) is 38.0 Å². The fraction of sp³-hybridized carbons (Fsp3) is 0.400. The first-order valence-electron chi connectivity index (χ1n) is 22.5. The molecule has 16 nitrogen and oxygen atoms in total. The average molecular weight is 937 g/mol. The second kappa shape index (κ2) is 23.0. The third kappa shape index (κ3) is 11.5. The van der Waals surface area contributed by atoms with Crippen LogP contribution in [-0.4, -0.2) is 87.8 Å². The van der Waals surface area contributed by atoms with Crippen molar-refractivity contribution >= 4 is 34.9 Å². The van der Waals surface area contributed by atoms with E-state index >= 15 is 0 Å². The molecule has 17 heteroatoms. The Kier molecular flexibility index (Phi) is 16.7. The number of ether oxygens (including phenoxy) is 4. The standard InChI is InChI=1S/C50H56N4O12S/c1-3-27-63-50-46(52(2)49(57)65-38-21-19-37(20-22-38)54(60)61)32-44(51-64-33-34-15-17-36(18-16-34)53(58)59)42-30-35(11-7-9-25-55)41(14-8-10-26-56)47(48(42)50)43-31-39(23-24-45(43)66-50)62-28-29-67-40-12-5-4-6-13-40/h3-6,12-13,15-24,30-31,35,41,46-48,55-56H,1,7-11,14,25-29,32-33H2,2H3/t35-,41+,46-,47+,48+,50+/m0/s1. The zero-order chi connectivity index (χ0) is 47.3. The van der Waals surface area contributed by atoms with Gasteiger partial charge in [0, 0.05) is 73.1 Å². The Morgan fingerprint density at radius 2 is 1.60 bits per heavy atom. The minimum absolute atomic E-state index is 0.00400. The van der Waals surface area contributed by atoms with Crippen molar-refractivity contribution in [3.05, 3.63) is 153 Å². The van der Waals surface area contributed by atoms with Crippen molar-refractivity contribution in [1.29, 1.82) is 0 Å². The molecule has 1 fully saturated rings. The van der Waals surface area contributed by atoms with Gasteiger partial charge in [0.15, 0.2) is 0 Å². The number of carbonyl (C=O) groups excluding carboxylic acids is 1. The lowest BCUT2D eigenvalue weighted by molar-refractivity contribution is -0.385. The SMILES string of the molecule is C=CCO[C@@]12Oc3ccc(OCCSc4ccccc4)cc3[C@H]3[C@H](CCCCO)[C@@H](CCCCO)C=C(C(=NOCc4ccc([N+](=O)[O-])cc4)C[C@@H]1N(C)C(=O)Oc1ccc([N+](=O)[O-])cc1)[C@H]32. The summed E-state index contributed by atoms with van der Waals surface area (Å²) >= 11 is 1.70. The number of nitro groups is 2. The number of benzene rings is 4. The number of oxime groups is 1. The Bertz CT molecular complexity index is 2400. The van der Waals surface area contributed by atoms with Crippen LogP contribution in [0.1, 0.15) is 62.0 Å². The molecule has 2 N–H and O–H groups in total. The molecule has 0 bridgehead atoms. The molecule has 7 rings (SSSR count). The van der Waals surface area contributed by atoms with Gasteiger partial charge in [0.05, 0.1) is 34.7 Å². The number of hydrogen-bond acceptors (Lipinski definition) is 14. The maximum atomic E-state index is 14.3. The number of fused-ring (bicyclic) bond motifs is 2. The lowest BCUT2D eigenvalue weighted by Gasteiger charge is -2.59. The average Bonchev–Trinajstić information content (AvgIpc) is 3.34. The van der Waals surface area contributed by atoms with Crippen LogP contribution in [0.3, 0.4) is 0 Å². The van der Waals surface area contributed by atoms with E-state index in [-0.39, 0.29) is 67.7 Å². The molecule has 0 spiro atoms. The molecular formula is C50H56N4O12S. The van der Waals surface area contributed by atoms with E-state index in [9.17, 15) is 35.2 Å². The van der Waals surface area contributed by atoms with Gasteiger partial charge in [-0.2, -0.15) is 0 Å². The van der Waals surface area contributed by atoms with Gasteiger partial charge in [0.2, 0.25) is 5.79 Å². The molecule has 4 aromatic carbocycles. The summed E-state index contributed by atoms with van der Waals surface area (Å²) in [5.41, 5.74) is 2.68. The molecule has 4 aromatic rings. The van der Waals surface area contributed by atoms with E-state index in [1.807, 2.05) is 36.4 Å². The Labute approximate surface area is 393 Å². The minimum Gasteiger partial charge on any atom is -0.493 e. The van der Waals surface area contributed by atoms with E-state index in [1.54, 1.807) is 37.0 Å². The Balaban J connectivity index is 1.34. The van der Waals surface area contributed by atoms with Gasteiger partial charge >= 0.3 is 6.09 Å². The van der Waals surface area contributed by atoms with E-state index in [0.717, 1.165) is 47.5 Å². The third-order valence-corrected chi connectivity index (χ3v) is 13.5. The second-order valence-corrected chi connectivity index (χ2v) is 17.9. The van der Waals surface area contributed by atoms with E-state index in [1.165, 1.54) is 41.3 Å². The Morgan fingerprint density at radius 1 is 0.925 bits per heavy atom. The van der Waals surface area contributed by atoms with Gasteiger partial charge in [-0.25, -0.2) is 4.79 Å². The summed E-state index contributed by atoms with van der Waals surface area (Å²) in [6.45, 7) is 4.55. The summed E-state index contributed by atoms with van der Waals surface area (Å²) in [5.74, 6) is -0.496. The number of nitro benzene ring substituents is 2. The Hall–Kier alpha value is -6.27. The number of thioether (sulfide) groups is 1.